The van der Waals surface area contributed by atoms with Crippen molar-refractivity contribution in [1.82, 2.24) is 15.2 Å². The van der Waals surface area contributed by atoms with Crippen molar-refractivity contribution in [2.75, 3.05) is 11.3 Å². The van der Waals surface area contributed by atoms with E-state index in [1.165, 1.54) is 12.4 Å². The highest BCUT2D eigenvalue weighted by molar-refractivity contribution is 7.92. The van der Waals surface area contributed by atoms with Gasteiger partial charge in [0.15, 0.2) is 0 Å². The monoisotopic (exact) mass is 308 g/mol. The quantitative estimate of drug-likeness (QED) is 0.782. The second kappa shape index (κ2) is 6.25. The Hall–Kier alpha value is -2.57. The summed E-state index contributed by atoms with van der Waals surface area (Å²) in [5.41, 5.74) is -0.0829. The van der Waals surface area contributed by atoms with Crippen LogP contribution in [0.4, 0.5) is 10.3 Å². The number of benzene rings is 1. The van der Waals surface area contributed by atoms with E-state index < -0.39 is 22.4 Å². The average Bonchev–Trinajstić information content (AvgIpc) is 2.45. The van der Waals surface area contributed by atoms with Crippen LogP contribution in [0.3, 0.4) is 0 Å². The van der Waals surface area contributed by atoms with E-state index >= 15 is 0 Å². The maximum Gasteiger partial charge on any atom is 0.265 e. The van der Waals surface area contributed by atoms with Gasteiger partial charge in [-0.05, 0) is 18.2 Å². The Morgan fingerprint density at radius 2 is 2.14 bits per heavy atom. The first kappa shape index (κ1) is 14.8. The number of sulfonamides is 1. The minimum atomic E-state index is -4.06. The molecule has 1 aromatic heterocycles. The third kappa shape index (κ3) is 3.71. The van der Waals surface area contributed by atoms with E-state index in [-0.39, 0.29) is 16.4 Å². The van der Waals surface area contributed by atoms with Crippen molar-refractivity contribution in [1.29, 1.82) is 0 Å². The molecule has 21 heavy (non-hydrogen) atoms. The molecule has 0 aliphatic carbocycles. The summed E-state index contributed by atoms with van der Waals surface area (Å²) in [6, 6.07) is 3.01. The molecule has 0 aliphatic heterocycles. The van der Waals surface area contributed by atoms with Crippen LogP contribution < -0.4 is 4.72 Å². The number of halogens is 1. The van der Waals surface area contributed by atoms with Crippen LogP contribution in [0.15, 0.2) is 35.5 Å². The molecule has 1 heterocycles. The lowest BCUT2D eigenvalue weighted by atomic mass is 10.2. The molecule has 0 spiro atoms. The first-order valence-corrected chi connectivity index (χ1v) is 7.07. The van der Waals surface area contributed by atoms with Gasteiger partial charge in [0, 0.05) is 5.56 Å². The predicted octanol–water partition coefficient (Wildman–Crippen LogP) is 0.155. The summed E-state index contributed by atoms with van der Waals surface area (Å²) in [6.07, 6.45) is 2.55. The van der Waals surface area contributed by atoms with Crippen molar-refractivity contribution in [2.45, 2.75) is 4.90 Å². The summed E-state index contributed by atoms with van der Waals surface area (Å²) in [5.74, 6) is 3.79. The Kier molecular flexibility index (Phi) is 4.42. The first-order valence-electron chi connectivity index (χ1n) is 5.59. The first-order chi connectivity index (χ1) is 10.0. The van der Waals surface area contributed by atoms with Crippen LogP contribution in [0.25, 0.3) is 0 Å². The van der Waals surface area contributed by atoms with E-state index in [2.05, 4.69) is 31.7 Å². The van der Waals surface area contributed by atoms with Gasteiger partial charge in [-0.25, -0.2) is 22.5 Å². The molecule has 0 aliphatic rings. The summed E-state index contributed by atoms with van der Waals surface area (Å²) in [4.78, 5) is 3.43. The van der Waals surface area contributed by atoms with Crippen molar-refractivity contribution in [3.63, 3.8) is 0 Å². The zero-order chi connectivity index (χ0) is 15.3. The normalized spacial score (nSPS) is 10.6. The van der Waals surface area contributed by atoms with Crippen LogP contribution in [-0.4, -0.2) is 35.3 Å². The van der Waals surface area contributed by atoms with E-state index in [9.17, 15) is 12.8 Å². The zero-order valence-electron chi connectivity index (χ0n) is 10.5. The van der Waals surface area contributed by atoms with Gasteiger partial charge in [-0.3, -0.25) is 0 Å². The van der Waals surface area contributed by atoms with Gasteiger partial charge in [0.05, 0.1) is 12.4 Å². The number of aliphatic hydroxyl groups is 1. The van der Waals surface area contributed by atoms with E-state index in [1.54, 1.807) is 0 Å². The number of rotatable bonds is 3. The molecule has 2 N–H and O–H groups in total. The van der Waals surface area contributed by atoms with Crippen LogP contribution in [0.1, 0.15) is 5.56 Å². The maximum absolute atomic E-state index is 13.2. The fraction of sp³-hybridized carbons (Fsp3) is 0.0833. The highest BCUT2D eigenvalue weighted by Gasteiger charge is 2.19. The van der Waals surface area contributed by atoms with Gasteiger partial charge in [-0.15, -0.1) is 5.10 Å². The Morgan fingerprint density at radius 1 is 1.33 bits per heavy atom. The lowest BCUT2D eigenvalue weighted by molar-refractivity contribution is 0.350. The topological polar surface area (TPSA) is 105 Å². The minimum absolute atomic E-state index is 0.0829. The third-order valence-electron chi connectivity index (χ3n) is 2.24. The fourth-order valence-corrected chi connectivity index (χ4v) is 2.53. The summed E-state index contributed by atoms with van der Waals surface area (Å²) in [6.45, 7) is -0.477. The predicted molar refractivity (Wildman–Crippen MR) is 71.0 cm³/mol. The minimum Gasteiger partial charge on any atom is -0.384 e. The number of anilines is 1. The molecule has 0 bridgehead atoms. The standard InChI is InChI=1S/C12H9FN4O3S/c13-10-3-4-11(9(8-10)2-1-7-18)21(19,20)17-12-14-5-6-15-16-12/h3-6,8,18H,7H2,(H,14,16,17). The van der Waals surface area contributed by atoms with Crippen LogP contribution >= 0.6 is 0 Å². The molecule has 0 radical (unpaired) electrons. The van der Waals surface area contributed by atoms with Crippen molar-refractivity contribution in [2.24, 2.45) is 0 Å². The fourth-order valence-electron chi connectivity index (χ4n) is 1.44. The van der Waals surface area contributed by atoms with Gasteiger partial charge >= 0.3 is 0 Å². The van der Waals surface area contributed by atoms with E-state index in [1.807, 2.05) is 0 Å². The van der Waals surface area contributed by atoms with Gasteiger partial charge in [0.1, 0.15) is 17.3 Å². The molecule has 0 saturated heterocycles. The van der Waals surface area contributed by atoms with Crippen molar-refractivity contribution < 1.29 is 17.9 Å². The molecule has 1 aromatic carbocycles. The largest absolute Gasteiger partial charge is 0.384 e. The second-order valence-electron chi connectivity index (χ2n) is 3.67. The average molecular weight is 308 g/mol. The molecule has 108 valence electrons. The maximum atomic E-state index is 13.2. The summed E-state index contributed by atoms with van der Waals surface area (Å²) >= 11 is 0. The summed E-state index contributed by atoms with van der Waals surface area (Å²) in [5, 5.41) is 15.7. The van der Waals surface area contributed by atoms with E-state index in [0.29, 0.717) is 0 Å². The molecular formula is C12H9FN4O3S. The van der Waals surface area contributed by atoms with Gasteiger partial charge in [-0.2, -0.15) is 5.10 Å². The van der Waals surface area contributed by atoms with Crippen LogP contribution in [0.2, 0.25) is 0 Å². The second-order valence-corrected chi connectivity index (χ2v) is 5.32. The number of nitrogens with zero attached hydrogens (tertiary/aromatic N) is 3. The molecule has 0 atom stereocenters. The van der Waals surface area contributed by atoms with Crippen LogP contribution in [0.5, 0.6) is 0 Å². The number of aromatic nitrogens is 3. The smallest absolute Gasteiger partial charge is 0.265 e. The Balaban J connectivity index is 2.45. The Labute approximate surface area is 119 Å². The van der Waals surface area contributed by atoms with Gasteiger partial charge in [-0.1, -0.05) is 11.8 Å². The van der Waals surface area contributed by atoms with Crippen molar-refractivity contribution >= 4 is 16.0 Å². The third-order valence-corrected chi connectivity index (χ3v) is 3.63. The molecule has 0 unspecified atom stereocenters. The van der Waals surface area contributed by atoms with E-state index in [4.69, 9.17) is 5.11 Å². The molecule has 0 saturated carbocycles. The molecular weight excluding hydrogens is 299 g/mol. The summed E-state index contributed by atoms with van der Waals surface area (Å²) in [7, 11) is -4.06. The highest BCUT2D eigenvalue weighted by atomic mass is 32.2. The Morgan fingerprint density at radius 3 is 2.81 bits per heavy atom. The van der Waals surface area contributed by atoms with Crippen molar-refractivity contribution in [3.05, 3.63) is 42.0 Å². The number of hydrogen-bond donors (Lipinski definition) is 2. The zero-order valence-corrected chi connectivity index (χ0v) is 11.3. The van der Waals surface area contributed by atoms with Crippen LogP contribution in [-0.2, 0) is 10.0 Å². The molecule has 9 heteroatoms. The lowest BCUT2D eigenvalue weighted by Gasteiger charge is -2.07. The van der Waals surface area contributed by atoms with Gasteiger partial charge in [0.25, 0.3) is 16.0 Å². The van der Waals surface area contributed by atoms with Crippen molar-refractivity contribution in [3.8, 4) is 11.8 Å². The molecule has 2 rings (SSSR count). The lowest BCUT2D eigenvalue weighted by Crippen LogP contribution is -2.16. The molecule has 7 nitrogen and oxygen atoms in total. The van der Waals surface area contributed by atoms with Crippen LogP contribution in [0, 0.1) is 17.7 Å². The SMILES string of the molecule is O=S(=O)(Nc1nccnn1)c1ccc(F)cc1C#CCO. The van der Waals surface area contributed by atoms with Gasteiger partial charge in [0.2, 0.25) is 0 Å². The molecule has 2 aromatic rings. The van der Waals surface area contributed by atoms with Gasteiger partial charge < -0.3 is 5.11 Å². The highest BCUT2D eigenvalue weighted by Crippen LogP contribution is 2.18. The Bertz CT molecular complexity index is 800. The number of nitrogens with one attached hydrogen (secondary N) is 1. The molecule has 0 amide bonds. The summed E-state index contributed by atoms with van der Waals surface area (Å²) < 4.78 is 39.8. The number of hydrogen-bond acceptors (Lipinski definition) is 6. The number of aliphatic hydroxyl groups excluding tert-OH is 1. The van der Waals surface area contributed by atoms with E-state index in [0.717, 1.165) is 18.2 Å². The molecule has 0 fully saturated rings.